The van der Waals surface area contributed by atoms with E-state index >= 15 is 0 Å². The lowest BCUT2D eigenvalue weighted by molar-refractivity contribution is -0.121. The molecule has 0 unspecified atom stereocenters. The summed E-state index contributed by atoms with van der Waals surface area (Å²) in [7, 11) is 0. The Morgan fingerprint density at radius 3 is 2.90 bits per heavy atom. The molecule has 0 saturated carbocycles. The summed E-state index contributed by atoms with van der Waals surface area (Å²) in [4.78, 5) is 15.9. The third kappa shape index (κ3) is 4.95. The highest BCUT2D eigenvalue weighted by molar-refractivity contribution is 5.75. The standard InChI is InChI=1S/C16H21N3O2/c1-2-15-17-9-11-19(15)12-10-18-16(20)8-13-21-14-6-4-3-5-7-14/h3-7,9,11H,2,8,10,12-13H2,1H3,(H,18,20). The number of rotatable bonds is 8. The monoisotopic (exact) mass is 287 g/mol. The van der Waals surface area contributed by atoms with Gasteiger partial charge in [0.25, 0.3) is 0 Å². The number of nitrogens with one attached hydrogen (secondary N) is 1. The minimum absolute atomic E-state index is 0.00379. The van der Waals surface area contributed by atoms with E-state index in [-0.39, 0.29) is 5.91 Å². The van der Waals surface area contributed by atoms with Gasteiger partial charge in [0.05, 0.1) is 13.0 Å². The van der Waals surface area contributed by atoms with Crippen LogP contribution < -0.4 is 10.1 Å². The van der Waals surface area contributed by atoms with Crippen molar-refractivity contribution >= 4 is 5.91 Å². The van der Waals surface area contributed by atoms with E-state index in [4.69, 9.17) is 4.74 Å². The molecule has 112 valence electrons. The lowest BCUT2D eigenvalue weighted by Crippen LogP contribution is -2.28. The number of hydrogen-bond acceptors (Lipinski definition) is 3. The Balaban J connectivity index is 1.62. The minimum atomic E-state index is 0.00379. The first-order valence-electron chi connectivity index (χ1n) is 7.24. The van der Waals surface area contributed by atoms with Crippen molar-refractivity contribution in [2.45, 2.75) is 26.3 Å². The quantitative estimate of drug-likeness (QED) is 0.808. The largest absolute Gasteiger partial charge is 0.493 e. The van der Waals surface area contributed by atoms with Gasteiger partial charge in [-0.3, -0.25) is 4.79 Å². The van der Waals surface area contributed by atoms with Gasteiger partial charge in [-0.05, 0) is 12.1 Å². The molecule has 0 fully saturated rings. The van der Waals surface area contributed by atoms with Crippen molar-refractivity contribution in [3.63, 3.8) is 0 Å². The van der Waals surface area contributed by atoms with Crippen molar-refractivity contribution in [2.24, 2.45) is 0 Å². The first kappa shape index (κ1) is 15.1. The molecule has 21 heavy (non-hydrogen) atoms. The fraction of sp³-hybridized carbons (Fsp3) is 0.375. The highest BCUT2D eigenvalue weighted by atomic mass is 16.5. The number of amides is 1. The molecule has 0 radical (unpaired) electrons. The van der Waals surface area contributed by atoms with Gasteiger partial charge >= 0.3 is 0 Å². The van der Waals surface area contributed by atoms with Crippen LogP contribution in [-0.2, 0) is 17.8 Å². The van der Waals surface area contributed by atoms with E-state index in [0.29, 0.717) is 19.6 Å². The summed E-state index contributed by atoms with van der Waals surface area (Å²) in [5.41, 5.74) is 0. The number of carbonyl (C=O) groups is 1. The van der Waals surface area contributed by atoms with Crippen LogP contribution in [0.5, 0.6) is 5.75 Å². The number of para-hydroxylation sites is 1. The molecule has 0 atom stereocenters. The second-order valence-corrected chi connectivity index (χ2v) is 4.65. The first-order chi connectivity index (χ1) is 10.3. The number of benzene rings is 1. The van der Waals surface area contributed by atoms with Crippen LogP contribution in [0.15, 0.2) is 42.7 Å². The Hall–Kier alpha value is -2.30. The van der Waals surface area contributed by atoms with Gasteiger partial charge < -0.3 is 14.6 Å². The molecule has 1 aromatic carbocycles. The lowest BCUT2D eigenvalue weighted by atomic mass is 10.3. The smallest absolute Gasteiger partial charge is 0.223 e. The van der Waals surface area contributed by atoms with E-state index in [0.717, 1.165) is 24.5 Å². The van der Waals surface area contributed by atoms with Gasteiger partial charge in [-0.1, -0.05) is 25.1 Å². The Labute approximate surface area is 125 Å². The van der Waals surface area contributed by atoms with Gasteiger partial charge in [-0.15, -0.1) is 0 Å². The molecule has 5 nitrogen and oxygen atoms in total. The predicted octanol–water partition coefficient (Wildman–Crippen LogP) is 2.03. The molecule has 5 heteroatoms. The van der Waals surface area contributed by atoms with Crippen molar-refractivity contribution in [2.75, 3.05) is 13.2 Å². The van der Waals surface area contributed by atoms with Crippen molar-refractivity contribution < 1.29 is 9.53 Å². The van der Waals surface area contributed by atoms with E-state index in [1.807, 2.05) is 36.5 Å². The zero-order chi connectivity index (χ0) is 14.9. The zero-order valence-electron chi connectivity index (χ0n) is 12.3. The Morgan fingerprint density at radius 1 is 1.33 bits per heavy atom. The topological polar surface area (TPSA) is 56.2 Å². The van der Waals surface area contributed by atoms with Crippen LogP contribution in [0, 0.1) is 0 Å². The van der Waals surface area contributed by atoms with Crippen molar-refractivity contribution in [1.82, 2.24) is 14.9 Å². The summed E-state index contributed by atoms with van der Waals surface area (Å²) >= 11 is 0. The highest BCUT2D eigenvalue weighted by Gasteiger charge is 2.03. The van der Waals surface area contributed by atoms with Crippen molar-refractivity contribution in [3.8, 4) is 5.75 Å². The molecule has 0 saturated heterocycles. The van der Waals surface area contributed by atoms with E-state index in [2.05, 4.69) is 21.8 Å². The summed E-state index contributed by atoms with van der Waals surface area (Å²) in [5.74, 6) is 1.83. The van der Waals surface area contributed by atoms with E-state index in [1.54, 1.807) is 6.20 Å². The van der Waals surface area contributed by atoms with Gasteiger partial charge in [0.2, 0.25) is 5.91 Å². The summed E-state index contributed by atoms with van der Waals surface area (Å²) < 4.78 is 7.55. The first-order valence-corrected chi connectivity index (χ1v) is 7.24. The summed E-state index contributed by atoms with van der Waals surface area (Å²) in [6, 6.07) is 9.50. The summed E-state index contributed by atoms with van der Waals surface area (Å²) in [5, 5.41) is 2.89. The molecule has 1 aromatic heterocycles. The molecule has 2 aromatic rings. The number of hydrogen-bond donors (Lipinski definition) is 1. The Morgan fingerprint density at radius 2 is 2.14 bits per heavy atom. The van der Waals surface area contributed by atoms with E-state index in [1.165, 1.54) is 0 Å². The van der Waals surface area contributed by atoms with Crippen LogP contribution in [0.1, 0.15) is 19.2 Å². The third-order valence-corrected chi connectivity index (χ3v) is 3.13. The van der Waals surface area contributed by atoms with Gasteiger partial charge in [-0.25, -0.2) is 4.98 Å². The Bertz CT molecular complexity index is 552. The van der Waals surface area contributed by atoms with Gasteiger partial charge in [0.15, 0.2) is 0 Å². The molecule has 2 rings (SSSR count). The molecule has 1 N–H and O–H groups in total. The fourth-order valence-corrected chi connectivity index (χ4v) is 2.04. The maximum Gasteiger partial charge on any atom is 0.223 e. The molecule has 1 amide bonds. The van der Waals surface area contributed by atoms with E-state index < -0.39 is 0 Å². The molecule has 0 aliphatic carbocycles. The summed E-state index contributed by atoms with van der Waals surface area (Å²) in [6.07, 6.45) is 4.98. The predicted molar refractivity (Wildman–Crippen MR) is 81.2 cm³/mol. The number of aryl methyl sites for hydroxylation is 1. The maximum atomic E-state index is 11.7. The molecule has 1 heterocycles. The van der Waals surface area contributed by atoms with Crippen LogP contribution in [0.3, 0.4) is 0 Å². The molecule has 0 bridgehead atoms. The SMILES string of the molecule is CCc1nccn1CCNC(=O)CCOc1ccccc1. The lowest BCUT2D eigenvalue weighted by Gasteiger charge is -2.09. The van der Waals surface area contributed by atoms with Crippen LogP contribution >= 0.6 is 0 Å². The fourth-order valence-electron chi connectivity index (χ4n) is 2.04. The summed E-state index contributed by atoms with van der Waals surface area (Å²) in [6.45, 7) is 3.81. The number of nitrogens with zero attached hydrogens (tertiary/aromatic N) is 2. The second kappa shape index (κ2) is 8.09. The van der Waals surface area contributed by atoms with Crippen LogP contribution in [0.2, 0.25) is 0 Å². The van der Waals surface area contributed by atoms with E-state index in [9.17, 15) is 4.79 Å². The number of imidazole rings is 1. The molecular weight excluding hydrogens is 266 g/mol. The minimum Gasteiger partial charge on any atom is -0.493 e. The van der Waals surface area contributed by atoms with Crippen LogP contribution in [-0.4, -0.2) is 28.6 Å². The van der Waals surface area contributed by atoms with Gasteiger partial charge in [0, 0.05) is 31.9 Å². The van der Waals surface area contributed by atoms with Crippen LogP contribution in [0.25, 0.3) is 0 Å². The molecule has 0 aliphatic heterocycles. The number of ether oxygens (including phenoxy) is 1. The average molecular weight is 287 g/mol. The number of aromatic nitrogens is 2. The normalized spacial score (nSPS) is 10.3. The van der Waals surface area contributed by atoms with Crippen molar-refractivity contribution in [1.29, 1.82) is 0 Å². The van der Waals surface area contributed by atoms with Crippen molar-refractivity contribution in [3.05, 3.63) is 48.5 Å². The number of carbonyl (C=O) groups excluding carboxylic acids is 1. The zero-order valence-corrected chi connectivity index (χ0v) is 12.3. The van der Waals surface area contributed by atoms with Gasteiger partial charge in [0.1, 0.15) is 11.6 Å². The second-order valence-electron chi connectivity index (χ2n) is 4.65. The third-order valence-electron chi connectivity index (χ3n) is 3.13. The molecule has 0 aliphatic rings. The average Bonchev–Trinajstić information content (AvgIpc) is 2.96. The molecule has 0 spiro atoms. The van der Waals surface area contributed by atoms with Crippen LogP contribution in [0.4, 0.5) is 0 Å². The van der Waals surface area contributed by atoms with Gasteiger partial charge in [-0.2, -0.15) is 0 Å². The Kier molecular flexibility index (Phi) is 5.82. The maximum absolute atomic E-state index is 11.7. The molecular formula is C16H21N3O2. The highest BCUT2D eigenvalue weighted by Crippen LogP contribution is 2.08.